The van der Waals surface area contributed by atoms with Crippen LogP contribution in [0.3, 0.4) is 0 Å². The number of amides is 1. The Hall–Kier alpha value is -3.66. The molecule has 1 heterocycles. The van der Waals surface area contributed by atoms with Gasteiger partial charge in [-0.3, -0.25) is 19.3 Å². The maximum atomic E-state index is 12.9. The average Bonchev–Trinajstić information content (AvgIpc) is 2.64. The third-order valence-corrected chi connectivity index (χ3v) is 5.87. The topological polar surface area (TPSA) is 141 Å². The van der Waals surface area contributed by atoms with Crippen molar-refractivity contribution in [2.24, 2.45) is 0 Å². The monoisotopic (exact) mass is 428 g/mol. The highest BCUT2D eigenvalue weighted by atomic mass is 32.2. The SMILES string of the molecule is Cc1ccc(NS(=O)(=O)c2cc(NC(=O)c3cc(=O)[nH]c(=O)[nH]3)ccc2C)c(C)c1. The Kier molecular flexibility index (Phi) is 5.61. The third kappa shape index (κ3) is 4.66. The van der Waals surface area contributed by atoms with Crippen LogP contribution in [0.5, 0.6) is 0 Å². The first kappa shape index (κ1) is 21.1. The maximum Gasteiger partial charge on any atom is 0.326 e. The second kappa shape index (κ2) is 7.99. The van der Waals surface area contributed by atoms with Gasteiger partial charge in [-0.1, -0.05) is 23.8 Å². The fourth-order valence-corrected chi connectivity index (χ4v) is 4.29. The number of carbonyl (C=O) groups excluding carboxylic acids is 1. The number of aryl methyl sites for hydroxylation is 3. The van der Waals surface area contributed by atoms with E-state index in [1.165, 1.54) is 12.1 Å². The molecule has 3 rings (SSSR count). The molecule has 1 amide bonds. The smallest absolute Gasteiger partial charge is 0.321 e. The Bertz CT molecular complexity index is 1330. The lowest BCUT2D eigenvalue weighted by Gasteiger charge is -2.14. The van der Waals surface area contributed by atoms with Crippen LogP contribution in [0.15, 0.2) is 56.9 Å². The molecule has 0 bridgehead atoms. The van der Waals surface area contributed by atoms with E-state index in [-0.39, 0.29) is 16.3 Å². The molecule has 0 unspecified atom stereocenters. The van der Waals surface area contributed by atoms with Crippen molar-refractivity contribution in [2.45, 2.75) is 25.7 Å². The first-order chi connectivity index (χ1) is 14.0. The number of anilines is 2. The largest absolute Gasteiger partial charge is 0.326 e. The predicted octanol–water partition coefficient (Wildman–Crippen LogP) is 2.04. The fraction of sp³-hybridized carbons (Fsp3) is 0.150. The summed E-state index contributed by atoms with van der Waals surface area (Å²) in [6.45, 7) is 5.35. The van der Waals surface area contributed by atoms with Crippen LogP contribution in [-0.2, 0) is 10.0 Å². The molecule has 0 atom stereocenters. The van der Waals surface area contributed by atoms with Crippen LogP contribution in [0.2, 0.25) is 0 Å². The van der Waals surface area contributed by atoms with E-state index < -0.39 is 27.2 Å². The summed E-state index contributed by atoms with van der Waals surface area (Å²) in [5, 5.41) is 2.48. The standard InChI is InChI=1S/C20H20N4O5S/c1-11-4-7-15(13(3)8-11)24-30(28,29)17-9-14(6-5-12(17)2)21-19(26)16-10-18(25)23-20(27)22-16/h4-10,24H,1-3H3,(H,21,26)(H2,22,23,25,27). The van der Waals surface area contributed by atoms with E-state index in [0.29, 0.717) is 11.3 Å². The van der Waals surface area contributed by atoms with Crippen molar-refractivity contribution in [2.75, 3.05) is 10.0 Å². The van der Waals surface area contributed by atoms with Crippen molar-refractivity contribution in [1.29, 1.82) is 0 Å². The van der Waals surface area contributed by atoms with Crippen LogP contribution in [0.25, 0.3) is 0 Å². The molecule has 0 radical (unpaired) electrons. The molecular formula is C20H20N4O5S. The highest BCUT2D eigenvalue weighted by molar-refractivity contribution is 7.92. The van der Waals surface area contributed by atoms with Crippen molar-refractivity contribution < 1.29 is 13.2 Å². The summed E-state index contributed by atoms with van der Waals surface area (Å²) in [5.41, 5.74) is 1.11. The summed E-state index contributed by atoms with van der Waals surface area (Å²) < 4.78 is 28.4. The zero-order chi connectivity index (χ0) is 22.1. The highest BCUT2D eigenvalue weighted by Crippen LogP contribution is 2.25. The number of sulfonamides is 1. The van der Waals surface area contributed by atoms with Gasteiger partial charge >= 0.3 is 5.69 Å². The van der Waals surface area contributed by atoms with Gasteiger partial charge in [-0.05, 0) is 50.1 Å². The number of H-pyrrole nitrogens is 2. The average molecular weight is 428 g/mol. The van der Waals surface area contributed by atoms with E-state index >= 15 is 0 Å². The second-order valence-electron chi connectivity index (χ2n) is 6.86. The molecule has 30 heavy (non-hydrogen) atoms. The van der Waals surface area contributed by atoms with Gasteiger partial charge in [-0.15, -0.1) is 0 Å². The minimum atomic E-state index is -3.93. The van der Waals surface area contributed by atoms with E-state index in [2.05, 4.69) is 15.0 Å². The maximum absolute atomic E-state index is 12.9. The van der Waals surface area contributed by atoms with E-state index in [0.717, 1.165) is 17.2 Å². The highest BCUT2D eigenvalue weighted by Gasteiger charge is 2.19. The van der Waals surface area contributed by atoms with Gasteiger partial charge < -0.3 is 10.3 Å². The zero-order valence-electron chi connectivity index (χ0n) is 16.5. The molecule has 2 aromatic carbocycles. The number of hydrogen-bond donors (Lipinski definition) is 4. The number of aromatic nitrogens is 2. The molecular weight excluding hydrogens is 408 g/mol. The van der Waals surface area contributed by atoms with Crippen molar-refractivity contribution in [1.82, 2.24) is 9.97 Å². The van der Waals surface area contributed by atoms with Gasteiger partial charge in [-0.2, -0.15) is 0 Å². The summed E-state index contributed by atoms with van der Waals surface area (Å²) in [4.78, 5) is 39.2. The molecule has 4 N–H and O–H groups in total. The van der Waals surface area contributed by atoms with Crippen LogP contribution in [-0.4, -0.2) is 24.3 Å². The lowest BCUT2D eigenvalue weighted by Crippen LogP contribution is -2.27. The van der Waals surface area contributed by atoms with Crippen molar-refractivity contribution in [3.63, 3.8) is 0 Å². The molecule has 9 nitrogen and oxygen atoms in total. The number of hydrogen-bond acceptors (Lipinski definition) is 5. The van der Waals surface area contributed by atoms with E-state index in [1.807, 2.05) is 18.0 Å². The molecule has 0 aliphatic rings. The minimum absolute atomic E-state index is 0.0142. The number of rotatable bonds is 5. The minimum Gasteiger partial charge on any atom is -0.321 e. The van der Waals surface area contributed by atoms with Gasteiger partial charge in [0.25, 0.3) is 21.5 Å². The molecule has 0 fully saturated rings. The second-order valence-corrected chi connectivity index (χ2v) is 8.51. The fourth-order valence-electron chi connectivity index (χ4n) is 2.88. The number of nitrogens with one attached hydrogen (secondary N) is 4. The Labute approximate surface area is 172 Å². The van der Waals surface area contributed by atoms with Gasteiger partial charge in [-0.25, -0.2) is 13.2 Å². The molecule has 1 aromatic heterocycles. The van der Waals surface area contributed by atoms with Crippen LogP contribution in [0, 0.1) is 20.8 Å². The van der Waals surface area contributed by atoms with Crippen LogP contribution in [0.4, 0.5) is 11.4 Å². The van der Waals surface area contributed by atoms with E-state index in [9.17, 15) is 22.8 Å². The lowest BCUT2D eigenvalue weighted by atomic mass is 10.1. The Morgan fingerprint density at radius 2 is 1.63 bits per heavy atom. The molecule has 0 aliphatic carbocycles. The zero-order valence-corrected chi connectivity index (χ0v) is 17.3. The van der Waals surface area contributed by atoms with Crippen LogP contribution >= 0.6 is 0 Å². The van der Waals surface area contributed by atoms with E-state index in [1.54, 1.807) is 32.0 Å². The summed E-state index contributed by atoms with van der Waals surface area (Å²) in [5.74, 6) is -0.757. The molecule has 0 saturated carbocycles. The molecule has 3 aromatic rings. The first-order valence-electron chi connectivity index (χ1n) is 8.91. The van der Waals surface area contributed by atoms with Crippen molar-refractivity contribution >= 4 is 27.3 Å². The lowest BCUT2D eigenvalue weighted by molar-refractivity contribution is 0.102. The van der Waals surface area contributed by atoms with Gasteiger partial charge in [0.05, 0.1) is 10.6 Å². The van der Waals surface area contributed by atoms with Crippen molar-refractivity contribution in [3.8, 4) is 0 Å². The molecule has 0 aliphatic heterocycles. The number of benzene rings is 2. The third-order valence-electron chi connectivity index (χ3n) is 4.37. The van der Waals surface area contributed by atoms with Crippen molar-refractivity contribution in [3.05, 3.63) is 85.7 Å². The summed E-state index contributed by atoms with van der Waals surface area (Å²) in [6.07, 6.45) is 0. The van der Waals surface area contributed by atoms with Crippen LogP contribution in [0.1, 0.15) is 27.2 Å². The Morgan fingerprint density at radius 3 is 2.30 bits per heavy atom. The predicted molar refractivity (Wildman–Crippen MR) is 114 cm³/mol. The summed E-state index contributed by atoms with van der Waals surface area (Å²) in [7, 11) is -3.93. The summed E-state index contributed by atoms with van der Waals surface area (Å²) in [6, 6.07) is 10.7. The number of carbonyl (C=O) groups is 1. The quantitative estimate of drug-likeness (QED) is 0.492. The Balaban J connectivity index is 1.91. The van der Waals surface area contributed by atoms with Gasteiger partial charge in [0, 0.05) is 11.8 Å². The molecule has 0 saturated heterocycles. The summed E-state index contributed by atoms with van der Waals surface area (Å²) >= 11 is 0. The van der Waals surface area contributed by atoms with Crippen LogP contribution < -0.4 is 21.3 Å². The molecule has 0 spiro atoms. The van der Waals surface area contributed by atoms with Gasteiger partial charge in [0.2, 0.25) is 0 Å². The number of aromatic amines is 2. The first-order valence-corrected chi connectivity index (χ1v) is 10.4. The normalized spacial score (nSPS) is 11.2. The van der Waals surface area contributed by atoms with Gasteiger partial charge in [0.1, 0.15) is 5.69 Å². The molecule has 156 valence electrons. The van der Waals surface area contributed by atoms with Gasteiger partial charge in [0.15, 0.2) is 0 Å². The molecule has 10 heteroatoms. The van der Waals surface area contributed by atoms with E-state index in [4.69, 9.17) is 0 Å². The Morgan fingerprint density at radius 1 is 0.900 bits per heavy atom.